The van der Waals surface area contributed by atoms with Gasteiger partial charge in [-0.05, 0) is 43.2 Å². The second-order valence-corrected chi connectivity index (χ2v) is 6.90. The maximum absolute atomic E-state index is 12.6. The molecule has 1 aliphatic rings. The van der Waals surface area contributed by atoms with Gasteiger partial charge >= 0.3 is 5.97 Å². The lowest BCUT2D eigenvalue weighted by molar-refractivity contribution is -0.146. The molecule has 0 bridgehead atoms. The molecule has 1 saturated heterocycles. The number of carbonyl (C=O) groups is 2. The van der Waals surface area contributed by atoms with Crippen molar-refractivity contribution < 1.29 is 19.1 Å². The lowest BCUT2D eigenvalue weighted by atomic mass is 9.96. The first-order valence-corrected chi connectivity index (χ1v) is 9.29. The number of esters is 1. The molecular formula is C21H22ClNO4. The predicted octanol–water partition coefficient (Wildman–Crippen LogP) is 3.94. The van der Waals surface area contributed by atoms with Crippen LogP contribution in [0.25, 0.3) is 0 Å². The van der Waals surface area contributed by atoms with Gasteiger partial charge in [-0.1, -0.05) is 29.8 Å². The van der Waals surface area contributed by atoms with E-state index in [1.54, 1.807) is 29.2 Å². The third kappa shape index (κ3) is 4.80. The van der Waals surface area contributed by atoms with Crippen molar-refractivity contribution >= 4 is 23.5 Å². The average molecular weight is 388 g/mol. The minimum Gasteiger partial charge on any atom is -0.489 e. The van der Waals surface area contributed by atoms with E-state index >= 15 is 0 Å². The highest BCUT2D eigenvalue weighted by Crippen LogP contribution is 2.22. The van der Waals surface area contributed by atoms with E-state index in [0.29, 0.717) is 48.9 Å². The Labute approximate surface area is 163 Å². The van der Waals surface area contributed by atoms with Gasteiger partial charge in [-0.3, -0.25) is 9.59 Å². The van der Waals surface area contributed by atoms with Crippen LogP contribution >= 0.6 is 11.6 Å². The van der Waals surface area contributed by atoms with Crippen LogP contribution in [0.15, 0.2) is 48.5 Å². The molecule has 3 rings (SSSR count). The Balaban J connectivity index is 1.55. The highest BCUT2D eigenvalue weighted by Gasteiger charge is 2.28. The standard InChI is InChI=1S/C21H22ClNO4/c1-26-21(25)16-10-12-23(13-11-16)20(24)15-6-8-18(9-7-15)27-14-17-4-2-3-5-19(17)22/h2-9,16H,10-14H2,1H3. The van der Waals surface area contributed by atoms with Gasteiger partial charge in [0, 0.05) is 29.2 Å². The molecule has 0 spiro atoms. The fourth-order valence-electron chi connectivity index (χ4n) is 3.14. The number of nitrogens with zero attached hydrogens (tertiary/aromatic N) is 1. The van der Waals surface area contributed by atoms with E-state index in [-0.39, 0.29) is 17.8 Å². The van der Waals surface area contributed by atoms with E-state index in [1.165, 1.54) is 7.11 Å². The number of amides is 1. The topological polar surface area (TPSA) is 55.8 Å². The Bertz CT molecular complexity index is 798. The summed E-state index contributed by atoms with van der Waals surface area (Å²) in [6.07, 6.45) is 1.27. The van der Waals surface area contributed by atoms with Crippen molar-refractivity contribution in [2.24, 2.45) is 5.92 Å². The maximum Gasteiger partial charge on any atom is 0.308 e. The molecule has 27 heavy (non-hydrogen) atoms. The summed E-state index contributed by atoms with van der Waals surface area (Å²) >= 11 is 6.12. The molecule has 1 amide bonds. The zero-order valence-electron chi connectivity index (χ0n) is 15.2. The number of hydrogen-bond donors (Lipinski definition) is 0. The fourth-order valence-corrected chi connectivity index (χ4v) is 3.33. The molecule has 142 valence electrons. The zero-order valence-corrected chi connectivity index (χ0v) is 15.9. The normalized spacial score (nSPS) is 14.7. The Morgan fingerprint density at radius 2 is 1.74 bits per heavy atom. The molecule has 2 aromatic carbocycles. The summed E-state index contributed by atoms with van der Waals surface area (Å²) in [5.41, 5.74) is 1.52. The van der Waals surface area contributed by atoms with E-state index in [2.05, 4.69) is 0 Å². The van der Waals surface area contributed by atoms with Gasteiger partial charge in [-0.25, -0.2) is 0 Å². The van der Waals surface area contributed by atoms with Crippen molar-refractivity contribution in [3.63, 3.8) is 0 Å². The van der Waals surface area contributed by atoms with Crippen molar-refractivity contribution in [1.29, 1.82) is 0 Å². The van der Waals surface area contributed by atoms with Gasteiger partial charge in [0.1, 0.15) is 12.4 Å². The molecule has 1 aliphatic heterocycles. The summed E-state index contributed by atoms with van der Waals surface area (Å²) in [6.45, 7) is 1.49. The van der Waals surface area contributed by atoms with E-state index in [9.17, 15) is 9.59 Å². The Morgan fingerprint density at radius 1 is 1.07 bits per heavy atom. The summed E-state index contributed by atoms with van der Waals surface area (Å²) in [5, 5.41) is 0.666. The number of ether oxygens (including phenoxy) is 2. The van der Waals surface area contributed by atoms with Gasteiger partial charge in [0.15, 0.2) is 0 Å². The number of carbonyl (C=O) groups excluding carboxylic acids is 2. The Hall–Kier alpha value is -2.53. The largest absolute Gasteiger partial charge is 0.489 e. The Morgan fingerprint density at radius 3 is 2.37 bits per heavy atom. The van der Waals surface area contributed by atoms with Crippen molar-refractivity contribution in [1.82, 2.24) is 4.90 Å². The first kappa shape index (κ1) is 19.2. The van der Waals surface area contributed by atoms with Crippen molar-refractivity contribution in [3.05, 3.63) is 64.7 Å². The predicted molar refractivity (Wildman–Crippen MR) is 103 cm³/mol. The molecule has 0 aromatic heterocycles. The van der Waals surface area contributed by atoms with E-state index in [1.807, 2.05) is 24.3 Å². The zero-order chi connectivity index (χ0) is 19.2. The first-order chi connectivity index (χ1) is 13.1. The quantitative estimate of drug-likeness (QED) is 0.729. The van der Waals surface area contributed by atoms with Crippen LogP contribution in [-0.4, -0.2) is 37.0 Å². The number of methoxy groups -OCH3 is 1. The maximum atomic E-state index is 12.6. The van der Waals surface area contributed by atoms with Gasteiger partial charge in [0.2, 0.25) is 0 Å². The van der Waals surface area contributed by atoms with Gasteiger partial charge in [0.25, 0.3) is 5.91 Å². The fraction of sp³-hybridized carbons (Fsp3) is 0.333. The lowest BCUT2D eigenvalue weighted by Gasteiger charge is -2.30. The number of likely N-dealkylation sites (tertiary alicyclic amines) is 1. The first-order valence-electron chi connectivity index (χ1n) is 8.92. The van der Waals surface area contributed by atoms with Crippen LogP contribution < -0.4 is 4.74 Å². The van der Waals surface area contributed by atoms with Crippen molar-refractivity contribution in [2.75, 3.05) is 20.2 Å². The van der Waals surface area contributed by atoms with E-state index in [0.717, 1.165) is 5.56 Å². The van der Waals surface area contributed by atoms with Crippen molar-refractivity contribution in [3.8, 4) is 5.75 Å². The molecule has 6 heteroatoms. The molecule has 0 unspecified atom stereocenters. The highest BCUT2D eigenvalue weighted by molar-refractivity contribution is 6.31. The van der Waals surface area contributed by atoms with Crippen LogP contribution in [0.1, 0.15) is 28.8 Å². The molecule has 1 fully saturated rings. The van der Waals surface area contributed by atoms with Crippen LogP contribution in [0.4, 0.5) is 0 Å². The number of rotatable bonds is 5. The summed E-state index contributed by atoms with van der Waals surface area (Å²) in [6, 6.07) is 14.6. The smallest absolute Gasteiger partial charge is 0.308 e. The molecule has 0 atom stereocenters. The molecule has 0 N–H and O–H groups in total. The second-order valence-electron chi connectivity index (χ2n) is 6.49. The molecule has 2 aromatic rings. The van der Waals surface area contributed by atoms with E-state index < -0.39 is 0 Å². The monoisotopic (exact) mass is 387 g/mol. The number of piperidine rings is 1. The molecule has 1 heterocycles. The molecule has 0 radical (unpaired) electrons. The Kier molecular flexibility index (Phi) is 6.35. The van der Waals surface area contributed by atoms with Gasteiger partial charge in [0.05, 0.1) is 13.0 Å². The summed E-state index contributed by atoms with van der Waals surface area (Å²) in [7, 11) is 1.40. The van der Waals surface area contributed by atoms with Gasteiger partial charge in [-0.15, -0.1) is 0 Å². The number of hydrogen-bond acceptors (Lipinski definition) is 4. The SMILES string of the molecule is COC(=O)C1CCN(C(=O)c2ccc(OCc3ccccc3Cl)cc2)CC1. The molecular weight excluding hydrogens is 366 g/mol. The van der Waals surface area contributed by atoms with Crippen LogP contribution in [-0.2, 0) is 16.1 Å². The van der Waals surface area contributed by atoms with Crippen LogP contribution in [0, 0.1) is 5.92 Å². The molecule has 5 nitrogen and oxygen atoms in total. The van der Waals surface area contributed by atoms with Crippen LogP contribution in [0.2, 0.25) is 5.02 Å². The van der Waals surface area contributed by atoms with Crippen LogP contribution in [0.5, 0.6) is 5.75 Å². The summed E-state index contributed by atoms with van der Waals surface area (Å²) in [4.78, 5) is 26.0. The average Bonchev–Trinajstić information content (AvgIpc) is 2.72. The van der Waals surface area contributed by atoms with Crippen LogP contribution in [0.3, 0.4) is 0 Å². The minimum atomic E-state index is -0.192. The number of halogens is 1. The lowest BCUT2D eigenvalue weighted by Crippen LogP contribution is -2.40. The highest BCUT2D eigenvalue weighted by atomic mass is 35.5. The summed E-state index contributed by atoms with van der Waals surface area (Å²) in [5.74, 6) is 0.341. The van der Waals surface area contributed by atoms with Gasteiger partial charge < -0.3 is 14.4 Å². The summed E-state index contributed by atoms with van der Waals surface area (Å²) < 4.78 is 10.5. The van der Waals surface area contributed by atoms with Gasteiger partial charge in [-0.2, -0.15) is 0 Å². The molecule has 0 saturated carbocycles. The third-order valence-corrected chi connectivity index (χ3v) is 5.14. The second kappa shape index (κ2) is 8.91. The number of benzene rings is 2. The van der Waals surface area contributed by atoms with Crippen molar-refractivity contribution in [2.45, 2.75) is 19.4 Å². The molecule has 0 aliphatic carbocycles. The third-order valence-electron chi connectivity index (χ3n) is 4.77. The minimum absolute atomic E-state index is 0.0315. The van der Waals surface area contributed by atoms with E-state index in [4.69, 9.17) is 21.1 Å².